The molecule has 3 fully saturated rings. The lowest BCUT2D eigenvalue weighted by molar-refractivity contribution is -0.161. The van der Waals surface area contributed by atoms with E-state index in [-0.39, 0.29) is 16.9 Å². The third-order valence-corrected chi connectivity index (χ3v) is 10.1. The number of nitriles is 1. The molecule has 240 valence electrons. The summed E-state index contributed by atoms with van der Waals surface area (Å²) in [5, 5.41) is 14.3. The number of hydrogen-bond acceptors (Lipinski definition) is 4. The smallest absolute Gasteiger partial charge is 0.336 e. The molecular weight excluding hydrogens is 584 g/mol. The lowest BCUT2D eigenvalue weighted by Crippen LogP contribution is -2.53. The average Bonchev–Trinajstić information content (AvgIpc) is 3.25. The van der Waals surface area contributed by atoms with Crippen LogP contribution in [0, 0.1) is 16.7 Å². The highest BCUT2D eigenvalue weighted by Gasteiger charge is 2.48. The first-order chi connectivity index (χ1) is 21.2. The maximum atomic E-state index is 14.7. The Labute approximate surface area is 261 Å². The number of alkyl halides is 4. The number of benzene rings is 2. The fourth-order valence-electron chi connectivity index (χ4n) is 7.66. The molecule has 1 heterocycles. The first-order valence-corrected chi connectivity index (χ1v) is 16.0. The average molecular weight is 625 g/mol. The van der Waals surface area contributed by atoms with Gasteiger partial charge in [-0.05, 0) is 98.1 Å². The lowest BCUT2D eigenvalue weighted by Gasteiger charge is -2.30. The summed E-state index contributed by atoms with van der Waals surface area (Å²) in [6.45, 7) is 3.12. The van der Waals surface area contributed by atoms with Crippen molar-refractivity contribution in [3.8, 4) is 17.2 Å². The minimum absolute atomic E-state index is 0.0923. The Kier molecular flexibility index (Phi) is 8.00. The number of halogens is 4. The Morgan fingerprint density at radius 1 is 0.978 bits per heavy atom. The van der Waals surface area contributed by atoms with Crippen LogP contribution in [0.5, 0.6) is 0 Å². The predicted octanol–water partition coefficient (Wildman–Crippen LogP) is 7.01. The number of carbonyl (C=O) groups excluding carboxylic acids is 2. The molecule has 3 aliphatic carbocycles. The molecule has 1 aliphatic heterocycles. The molecule has 45 heavy (non-hydrogen) atoms. The third kappa shape index (κ3) is 6.46. The number of nitrogens with one attached hydrogen (secondary N) is 2. The van der Waals surface area contributed by atoms with Gasteiger partial charge in [0, 0.05) is 25.1 Å². The van der Waals surface area contributed by atoms with Crippen LogP contribution >= 0.6 is 0 Å². The molecule has 0 bridgehead atoms. The molecule has 6 nitrogen and oxygen atoms in total. The number of amides is 2. The first-order valence-electron chi connectivity index (χ1n) is 16.0. The Hall–Kier alpha value is -3.45. The Morgan fingerprint density at radius 3 is 2.20 bits per heavy atom. The Balaban J connectivity index is 1.30. The van der Waals surface area contributed by atoms with Gasteiger partial charge in [0.1, 0.15) is 17.2 Å². The predicted molar refractivity (Wildman–Crippen MR) is 163 cm³/mol. The van der Waals surface area contributed by atoms with Crippen molar-refractivity contribution in [2.75, 3.05) is 11.4 Å². The molecule has 2 aromatic carbocycles. The van der Waals surface area contributed by atoms with E-state index in [0.29, 0.717) is 25.8 Å². The summed E-state index contributed by atoms with van der Waals surface area (Å²) < 4.78 is 58.2. The molecule has 6 rings (SSSR count). The number of nitrogens with zero attached hydrogens (tertiary/aromatic N) is 2. The van der Waals surface area contributed by atoms with Gasteiger partial charge in [-0.3, -0.25) is 14.9 Å². The second kappa shape index (κ2) is 11.4. The van der Waals surface area contributed by atoms with Crippen molar-refractivity contribution in [3.63, 3.8) is 0 Å². The van der Waals surface area contributed by atoms with E-state index in [2.05, 4.69) is 10.6 Å². The molecule has 2 N–H and O–H groups in total. The minimum Gasteiger partial charge on any atom is -0.336 e. The molecule has 1 spiro atoms. The number of fused-ring (bicyclic) bond motifs is 1. The van der Waals surface area contributed by atoms with Gasteiger partial charge in [-0.1, -0.05) is 43.2 Å². The molecule has 4 aliphatic rings. The van der Waals surface area contributed by atoms with Crippen molar-refractivity contribution in [2.24, 2.45) is 5.41 Å². The number of rotatable bonds is 9. The quantitative estimate of drug-likeness (QED) is 0.294. The zero-order valence-corrected chi connectivity index (χ0v) is 25.8. The first kappa shape index (κ1) is 31.5. The normalized spacial score (nSPS) is 21.4. The summed E-state index contributed by atoms with van der Waals surface area (Å²) in [6, 6.07) is 8.44. The molecule has 2 saturated carbocycles. The van der Waals surface area contributed by atoms with Crippen LogP contribution in [0.25, 0.3) is 11.1 Å². The van der Waals surface area contributed by atoms with Crippen LogP contribution in [0.3, 0.4) is 0 Å². The standard InChI is InChI=1S/C35H40F4N4O2/c1-32(2,36)20-27(31(45)42-34(21-40)15-16-34)41-30(35(37,38)39)23-9-7-22(8-10-23)24-11-12-28(43-17-5-6-29(43)44)26-19-33(18-25(24)26)13-3-4-14-33/h7-12,27,30,41H,3-6,13-20H2,1-2H3,(H,42,45)/t27-,30-/m0/s1. The third-order valence-electron chi connectivity index (χ3n) is 10.1. The van der Waals surface area contributed by atoms with Gasteiger partial charge in [-0.25, -0.2) is 4.39 Å². The highest BCUT2D eigenvalue weighted by Crippen LogP contribution is 2.53. The van der Waals surface area contributed by atoms with E-state index in [9.17, 15) is 32.4 Å². The fraction of sp³-hybridized carbons (Fsp3) is 0.571. The molecule has 2 atom stereocenters. The van der Waals surface area contributed by atoms with Crippen molar-refractivity contribution in [1.29, 1.82) is 5.26 Å². The zero-order valence-electron chi connectivity index (χ0n) is 25.8. The van der Waals surface area contributed by atoms with Crippen LogP contribution in [-0.2, 0) is 22.4 Å². The molecule has 0 unspecified atom stereocenters. The van der Waals surface area contributed by atoms with E-state index in [1.807, 2.05) is 23.1 Å². The summed E-state index contributed by atoms with van der Waals surface area (Å²) in [6.07, 6.45) is 3.35. The van der Waals surface area contributed by atoms with Gasteiger partial charge in [0.15, 0.2) is 0 Å². The van der Waals surface area contributed by atoms with Gasteiger partial charge in [0.05, 0.1) is 12.1 Å². The summed E-state index contributed by atoms with van der Waals surface area (Å²) in [7, 11) is 0. The van der Waals surface area contributed by atoms with Crippen LogP contribution in [-0.4, -0.2) is 41.8 Å². The van der Waals surface area contributed by atoms with Gasteiger partial charge in [0.25, 0.3) is 0 Å². The summed E-state index contributed by atoms with van der Waals surface area (Å²) in [4.78, 5) is 27.6. The monoisotopic (exact) mass is 624 g/mol. The second-order valence-corrected chi connectivity index (χ2v) is 14.2. The Morgan fingerprint density at radius 2 is 1.64 bits per heavy atom. The van der Waals surface area contributed by atoms with E-state index in [1.165, 1.54) is 49.9 Å². The minimum atomic E-state index is -4.77. The molecule has 2 amide bonds. The summed E-state index contributed by atoms with van der Waals surface area (Å²) in [5.41, 5.74) is 2.16. The van der Waals surface area contributed by atoms with E-state index in [4.69, 9.17) is 0 Å². The van der Waals surface area contributed by atoms with E-state index < -0.39 is 41.8 Å². The molecule has 0 radical (unpaired) electrons. The van der Waals surface area contributed by atoms with Crippen LogP contribution < -0.4 is 15.5 Å². The molecule has 2 aromatic rings. The maximum absolute atomic E-state index is 14.7. The summed E-state index contributed by atoms with van der Waals surface area (Å²) >= 11 is 0. The van der Waals surface area contributed by atoms with Crippen LogP contribution in [0.1, 0.15) is 94.4 Å². The SMILES string of the molecule is CC(C)(F)C[C@H](N[C@@H](c1ccc(-c2ccc(N3CCCC3=O)c3c2CC2(CCCC2)C3)cc1)C(F)(F)F)C(=O)NC1(C#N)CC1. The fourth-order valence-corrected chi connectivity index (χ4v) is 7.66. The highest BCUT2D eigenvalue weighted by molar-refractivity contribution is 5.97. The largest absolute Gasteiger partial charge is 0.407 e. The molecular formula is C35H40F4N4O2. The van der Waals surface area contributed by atoms with Crippen molar-refractivity contribution < 1.29 is 27.2 Å². The van der Waals surface area contributed by atoms with Crippen molar-refractivity contribution >= 4 is 17.5 Å². The lowest BCUT2D eigenvalue weighted by atomic mass is 9.83. The number of anilines is 1. The van der Waals surface area contributed by atoms with Gasteiger partial charge in [-0.15, -0.1) is 0 Å². The van der Waals surface area contributed by atoms with Crippen molar-refractivity contribution in [1.82, 2.24) is 10.6 Å². The van der Waals surface area contributed by atoms with Gasteiger partial charge in [-0.2, -0.15) is 18.4 Å². The maximum Gasteiger partial charge on any atom is 0.407 e. The van der Waals surface area contributed by atoms with Gasteiger partial charge < -0.3 is 10.2 Å². The topological polar surface area (TPSA) is 85.2 Å². The van der Waals surface area contributed by atoms with Crippen molar-refractivity contribution in [3.05, 3.63) is 53.1 Å². The number of hydrogen-bond donors (Lipinski definition) is 2. The van der Waals surface area contributed by atoms with E-state index in [0.717, 1.165) is 48.9 Å². The highest BCUT2D eigenvalue weighted by atomic mass is 19.4. The zero-order chi connectivity index (χ0) is 32.2. The van der Waals surface area contributed by atoms with E-state index in [1.54, 1.807) is 12.1 Å². The molecule has 1 saturated heterocycles. The van der Waals surface area contributed by atoms with Gasteiger partial charge in [0.2, 0.25) is 11.8 Å². The van der Waals surface area contributed by atoms with Gasteiger partial charge >= 0.3 is 6.18 Å². The molecule has 10 heteroatoms. The van der Waals surface area contributed by atoms with Crippen LogP contribution in [0.4, 0.5) is 23.2 Å². The van der Waals surface area contributed by atoms with Crippen molar-refractivity contribution in [2.45, 2.75) is 114 Å². The summed E-state index contributed by atoms with van der Waals surface area (Å²) in [5.74, 6) is -0.686. The number of carbonyl (C=O) groups is 2. The van der Waals surface area contributed by atoms with Crippen LogP contribution in [0.2, 0.25) is 0 Å². The van der Waals surface area contributed by atoms with E-state index >= 15 is 0 Å². The molecule has 0 aromatic heterocycles. The second-order valence-electron chi connectivity index (χ2n) is 14.2. The van der Waals surface area contributed by atoms with Crippen LogP contribution in [0.15, 0.2) is 36.4 Å². The Bertz CT molecular complexity index is 1510.